The number of carbonyl (C=O) groups excluding carboxylic acids is 1. The first-order valence-electron chi connectivity index (χ1n) is 9.09. The lowest BCUT2D eigenvalue weighted by Gasteiger charge is -2.38. The van der Waals surface area contributed by atoms with E-state index < -0.39 is 17.2 Å². The van der Waals surface area contributed by atoms with Crippen molar-refractivity contribution in [3.05, 3.63) is 70.8 Å². The quantitative estimate of drug-likeness (QED) is 0.818. The van der Waals surface area contributed by atoms with Crippen LogP contribution >= 0.6 is 0 Å². The highest BCUT2D eigenvalue weighted by Gasteiger charge is 2.41. The van der Waals surface area contributed by atoms with E-state index in [2.05, 4.69) is 5.32 Å². The van der Waals surface area contributed by atoms with Crippen molar-refractivity contribution in [1.29, 1.82) is 0 Å². The van der Waals surface area contributed by atoms with Gasteiger partial charge in [-0.05, 0) is 43.0 Å². The van der Waals surface area contributed by atoms with Gasteiger partial charge in [0, 0.05) is 26.2 Å². The van der Waals surface area contributed by atoms with E-state index in [1.807, 2.05) is 31.2 Å². The van der Waals surface area contributed by atoms with E-state index in [0.29, 0.717) is 31.5 Å². The number of hydrogen-bond donors (Lipinski definition) is 2. The maximum atomic E-state index is 13.4. The summed E-state index contributed by atoms with van der Waals surface area (Å²) in [6.07, 6.45) is 1.03. The molecule has 0 aliphatic carbocycles. The largest absolute Gasteiger partial charge is 0.379 e. The van der Waals surface area contributed by atoms with Crippen LogP contribution in [-0.4, -0.2) is 34.6 Å². The number of piperidine rings is 1. The lowest BCUT2D eigenvalue weighted by molar-refractivity contribution is -0.157. The Balaban J connectivity index is 1.60. The van der Waals surface area contributed by atoms with Crippen LogP contribution in [0.1, 0.15) is 29.5 Å². The highest BCUT2D eigenvalue weighted by Crippen LogP contribution is 2.24. The maximum absolute atomic E-state index is 13.4. The van der Waals surface area contributed by atoms with E-state index in [4.69, 9.17) is 0 Å². The van der Waals surface area contributed by atoms with Crippen LogP contribution in [0.3, 0.4) is 0 Å². The highest BCUT2D eigenvalue weighted by atomic mass is 19.2. The summed E-state index contributed by atoms with van der Waals surface area (Å²) in [6.45, 7) is 3.35. The van der Waals surface area contributed by atoms with Crippen LogP contribution in [0, 0.1) is 18.6 Å². The number of carbonyl (C=O) groups is 1. The summed E-state index contributed by atoms with van der Waals surface area (Å²) in [5, 5.41) is 14.0. The number of aliphatic hydroxyl groups is 1. The van der Waals surface area contributed by atoms with Gasteiger partial charge in [-0.2, -0.15) is 0 Å². The van der Waals surface area contributed by atoms with Crippen LogP contribution in [0.15, 0.2) is 42.5 Å². The van der Waals surface area contributed by atoms with E-state index >= 15 is 0 Å². The lowest BCUT2D eigenvalue weighted by atomic mass is 9.91. The van der Waals surface area contributed by atoms with Gasteiger partial charge in [0.05, 0.1) is 0 Å². The lowest BCUT2D eigenvalue weighted by Crippen LogP contribution is -2.57. The zero-order valence-corrected chi connectivity index (χ0v) is 15.3. The van der Waals surface area contributed by atoms with Crippen LogP contribution in [0.25, 0.3) is 0 Å². The van der Waals surface area contributed by atoms with Crippen molar-refractivity contribution in [3.8, 4) is 0 Å². The second kappa shape index (κ2) is 8.15. The van der Waals surface area contributed by atoms with Gasteiger partial charge in [0.15, 0.2) is 17.2 Å². The Hall–Kier alpha value is -2.31. The standard InChI is InChI=1S/C21H24F2N2O2/c1-15-3-5-16(6-4-15)12-24-14-21(27)9-2-10-25(20(21)26)13-17-7-8-18(22)19(23)11-17/h3-8,11,24,27H,2,9-10,12-14H2,1H3. The van der Waals surface area contributed by atoms with Crippen LogP contribution in [0.5, 0.6) is 0 Å². The average Bonchev–Trinajstić information content (AvgIpc) is 2.64. The van der Waals surface area contributed by atoms with Gasteiger partial charge in [0.25, 0.3) is 5.91 Å². The summed E-state index contributed by atoms with van der Waals surface area (Å²) in [7, 11) is 0. The Morgan fingerprint density at radius 2 is 1.81 bits per heavy atom. The molecular formula is C21H24F2N2O2. The average molecular weight is 374 g/mol. The van der Waals surface area contributed by atoms with Crippen molar-refractivity contribution >= 4 is 5.91 Å². The number of benzene rings is 2. The Labute approximate surface area is 157 Å². The van der Waals surface area contributed by atoms with Crippen LogP contribution in [-0.2, 0) is 17.9 Å². The van der Waals surface area contributed by atoms with E-state index in [1.54, 1.807) is 0 Å². The number of nitrogens with zero attached hydrogens (tertiary/aromatic N) is 1. The molecule has 27 heavy (non-hydrogen) atoms. The van der Waals surface area contributed by atoms with Crippen molar-refractivity contribution in [2.45, 2.75) is 38.5 Å². The number of amides is 1. The molecule has 1 amide bonds. The number of likely N-dealkylation sites (tertiary alicyclic amines) is 1. The molecule has 1 aliphatic rings. The summed E-state index contributed by atoms with van der Waals surface area (Å²) < 4.78 is 26.5. The minimum absolute atomic E-state index is 0.147. The molecule has 1 saturated heterocycles. The van der Waals surface area contributed by atoms with E-state index in [1.165, 1.54) is 16.5 Å². The molecule has 1 heterocycles. The van der Waals surface area contributed by atoms with Gasteiger partial charge in [0.2, 0.25) is 0 Å². The maximum Gasteiger partial charge on any atom is 0.256 e. The number of rotatable bonds is 6. The predicted molar refractivity (Wildman–Crippen MR) is 98.8 cm³/mol. The number of hydrogen-bond acceptors (Lipinski definition) is 3. The molecule has 2 N–H and O–H groups in total. The molecule has 144 valence electrons. The smallest absolute Gasteiger partial charge is 0.256 e. The number of halogens is 2. The second-order valence-corrected chi connectivity index (χ2v) is 7.20. The summed E-state index contributed by atoms with van der Waals surface area (Å²) in [6, 6.07) is 11.6. The third kappa shape index (κ3) is 4.70. The minimum atomic E-state index is -1.48. The molecule has 1 unspecified atom stereocenters. The predicted octanol–water partition coefficient (Wildman–Crippen LogP) is 2.92. The molecule has 0 radical (unpaired) electrons. The van der Waals surface area contributed by atoms with E-state index in [9.17, 15) is 18.7 Å². The number of nitrogens with one attached hydrogen (secondary N) is 1. The summed E-state index contributed by atoms with van der Waals surface area (Å²) in [5.41, 5.74) is 1.26. The fourth-order valence-electron chi connectivity index (χ4n) is 3.36. The molecule has 0 aromatic heterocycles. The zero-order chi connectivity index (χ0) is 19.4. The molecule has 3 rings (SSSR count). The summed E-state index contributed by atoms with van der Waals surface area (Å²) in [4.78, 5) is 14.3. The van der Waals surface area contributed by atoms with Crippen molar-refractivity contribution in [1.82, 2.24) is 10.2 Å². The first-order chi connectivity index (χ1) is 12.9. The molecule has 0 bridgehead atoms. The fraction of sp³-hybridized carbons (Fsp3) is 0.381. The molecule has 6 heteroatoms. The van der Waals surface area contributed by atoms with Gasteiger partial charge in [-0.25, -0.2) is 8.78 Å². The molecule has 0 saturated carbocycles. The Morgan fingerprint density at radius 3 is 2.52 bits per heavy atom. The third-order valence-corrected chi connectivity index (χ3v) is 4.93. The zero-order valence-electron chi connectivity index (χ0n) is 15.3. The molecular weight excluding hydrogens is 350 g/mol. The van der Waals surface area contributed by atoms with E-state index in [0.717, 1.165) is 17.7 Å². The van der Waals surface area contributed by atoms with Crippen LogP contribution < -0.4 is 5.32 Å². The van der Waals surface area contributed by atoms with Gasteiger partial charge < -0.3 is 15.3 Å². The minimum Gasteiger partial charge on any atom is -0.379 e. The Bertz CT molecular complexity index is 810. The first-order valence-corrected chi connectivity index (χ1v) is 9.09. The molecule has 4 nitrogen and oxygen atoms in total. The SMILES string of the molecule is Cc1ccc(CNCC2(O)CCCN(Cc3ccc(F)c(F)c3)C2=O)cc1. The highest BCUT2D eigenvalue weighted by molar-refractivity contribution is 5.86. The molecule has 1 fully saturated rings. The third-order valence-electron chi connectivity index (χ3n) is 4.93. The molecule has 0 spiro atoms. The van der Waals surface area contributed by atoms with Crippen molar-refractivity contribution < 1.29 is 18.7 Å². The van der Waals surface area contributed by atoms with Crippen molar-refractivity contribution in [2.75, 3.05) is 13.1 Å². The normalized spacial score (nSPS) is 20.1. The number of aryl methyl sites for hydroxylation is 1. The van der Waals surface area contributed by atoms with Crippen molar-refractivity contribution in [3.63, 3.8) is 0 Å². The van der Waals surface area contributed by atoms with Gasteiger partial charge in [-0.15, -0.1) is 0 Å². The second-order valence-electron chi connectivity index (χ2n) is 7.20. The van der Waals surface area contributed by atoms with Crippen LogP contribution in [0.4, 0.5) is 8.78 Å². The van der Waals surface area contributed by atoms with Crippen molar-refractivity contribution in [2.24, 2.45) is 0 Å². The Kier molecular flexibility index (Phi) is 5.87. The molecule has 2 aromatic carbocycles. The molecule has 1 atom stereocenters. The Morgan fingerprint density at radius 1 is 1.11 bits per heavy atom. The molecule has 1 aliphatic heterocycles. The monoisotopic (exact) mass is 374 g/mol. The van der Waals surface area contributed by atoms with Gasteiger partial charge in [-0.3, -0.25) is 4.79 Å². The first kappa shape index (κ1) is 19.5. The van der Waals surface area contributed by atoms with Gasteiger partial charge in [0.1, 0.15) is 0 Å². The van der Waals surface area contributed by atoms with Gasteiger partial charge >= 0.3 is 0 Å². The fourth-order valence-corrected chi connectivity index (χ4v) is 3.36. The van der Waals surface area contributed by atoms with E-state index in [-0.39, 0.29) is 19.0 Å². The summed E-state index contributed by atoms with van der Waals surface area (Å²) in [5.74, 6) is -2.23. The topological polar surface area (TPSA) is 52.6 Å². The summed E-state index contributed by atoms with van der Waals surface area (Å²) >= 11 is 0. The molecule has 2 aromatic rings. The van der Waals surface area contributed by atoms with Gasteiger partial charge in [-0.1, -0.05) is 35.9 Å². The van der Waals surface area contributed by atoms with Crippen LogP contribution in [0.2, 0.25) is 0 Å².